The van der Waals surface area contributed by atoms with Gasteiger partial charge in [-0.05, 0) is 43.7 Å². The van der Waals surface area contributed by atoms with E-state index in [2.05, 4.69) is 16.4 Å². The number of pyridine rings is 1. The van der Waals surface area contributed by atoms with Crippen LogP contribution in [0.5, 0.6) is 0 Å². The summed E-state index contributed by atoms with van der Waals surface area (Å²) in [6, 6.07) is 8.94. The number of aromatic nitrogens is 1. The SMILES string of the molecule is Cc1cc(C)c(C#N)c(SCCC(=O)Nc2ccc(Cl)cc2Cl)n1. The summed E-state index contributed by atoms with van der Waals surface area (Å²) >= 11 is 13.2. The van der Waals surface area contributed by atoms with E-state index >= 15 is 0 Å². The lowest BCUT2D eigenvalue weighted by Crippen LogP contribution is -2.12. The average molecular weight is 380 g/mol. The molecular formula is C17H15Cl2N3OS. The van der Waals surface area contributed by atoms with Gasteiger partial charge in [-0.25, -0.2) is 4.98 Å². The van der Waals surface area contributed by atoms with E-state index < -0.39 is 0 Å². The number of rotatable bonds is 5. The van der Waals surface area contributed by atoms with Crippen LogP contribution in [0.15, 0.2) is 29.3 Å². The van der Waals surface area contributed by atoms with Crippen molar-refractivity contribution in [1.82, 2.24) is 4.98 Å². The predicted octanol–water partition coefficient (Wildman–Crippen LogP) is 5.00. The smallest absolute Gasteiger partial charge is 0.225 e. The fourth-order valence-electron chi connectivity index (χ4n) is 2.09. The van der Waals surface area contributed by atoms with Gasteiger partial charge in [0.2, 0.25) is 5.91 Å². The Morgan fingerprint density at radius 2 is 2.08 bits per heavy atom. The number of amides is 1. The molecule has 0 unspecified atom stereocenters. The van der Waals surface area contributed by atoms with E-state index in [4.69, 9.17) is 23.2 Å². The van der Waals surface area contributed by atoms with Crippen molar-refractivity contribution in [3.8, 4) is 6.07 Å². The second kappa shape index (κ2) is 8.39. The van der Waals surface area contributed by atoms with E-state index in [9.17, 15) is 10.1 Å². The summed E-state index contributed by atoms with van der Waals surface area (Å²) in [5, 5.41) is 13.6. The van der Waals surface area contributed by atoms with Crippen molar-refractivity contribution in [3.05, 3.63) is 51.1 Å². The van der Waals surface area contributed by atoms with E-state index in [1.54, 1.807) is 18.2 Å². The molecule has 1 heterocycles. The summed E-state index contributed by atoms with van der Waals surface area (Å²) < 4.78 is 0. The molecule has 0 saturated carbocycles. The Morgan fingerprint density at radius 1 is 1.33 bits per heavy atom. The fourth-order valence-corrected chi connectivity index (χ4v) is 3.58. The minimum Gasteiger partial charge on any atom is -0.325 e. The molecule has 24 heavy (non-hydrogen) atoms. The number of aryl methyl sites for hydroxylation is 2. The molecular weight excluding hydrogens is 365 g/mol. The molecule has 0 fully saturated rings. The Morgan fingerprint density at radius 3 is 2.75 bits per heavy atom. The number of benzene rings is 1. The van der Waals surface area contributed by atoms with Crippen LogP contribution >= 0.6 is 35.0 Å². The number of nitrogens with zero attached hydrogens (tertiary/aromatic N) is 2. The third-order valence-corrected chi connectivity index (χ3v) is 4.72. The Kier molecular flexibility index (Phi) is 6.50. The Hall–Kier alpha value is -1.74. The zero-order valence-electron chi connectivity index (χ0n) is 13.2. The molecule has 1 amide bonds. The van der Waals surface area contributed by atoms with Crippen LogP contribution in [0.1, 0.15) is 23.2 Å². The highest BCUT2D eigenvalue weighted by Gasteiger charge is 2.11. The summed E-state index contributed by atoms with van der Waals surface area (Å²) in [6.45, 7) is 3.76. The van der Waals surface area contributed by atoms with Gasteiger partial charge in [0.1, 0.15) is 11.1 Å². The number of hydrogen-bond donors (Lipinski definition) is 1. The molecule has 0 bridgehead atoms. The Balaban J connectivity index is 1.95. The summed E-state index contributed by atoms with van der Waals surface area (Å²) in [5.74, 6) is 0.358. The molecule has 0 aliphatic heterocycles. The van der Waals surface area contributed by atoms with Crippen LogP contribution in [0.2, 0.25) is 10.0 Å². The standard InChI is InChI=1S/C17H15Cl2N3OS/c1-10-7-11(2)21-17(13(10)9-20)24-6-5-16(23)22-15-4-3-12(18)8-14(15)19/h3-4,7-8H,5-6H2,1-2H3,(H,22,23). The summed E-state index contributed by atoms with van der Waals surface area (Å²) in [4.78, 5) is 16.4. The van der Waals surface area contributed by atoms with Crippen molar-refractivity contribution in [2.24, 2.45) is 0 Å². The van der Waals surface area contributed by atoms with Crippen LogP contribution in [0.3, 0.4) is 0 Å². The first-order chi connectivity index (χ1) is 11.4. The summed E-state index contributed by atoms with van der Waals surface area (Å²) in [6.07, 6.45) is 0.281. The van der Waals surface area contributed by atoms with Gasteiger partial charge in [-0.3, -0.25) is 4.79 Å². The van der Waals surface area contributed by atoms with E-state index in [0.29, 0.717) is 32.1 Å². The minimum atomic E-state index is -0.158. The molecule has 2 rings (SSSR count). The topological polar surface area (TPSA) is 65.8 Å². The van der Waals surface area contributed by atoms with Gasteiger partial charge in [-0.2, -0.15) is 5.26 Å². The number of thioether (sulfide) groups is 1. The summed E-state index contributed by atoms with van der Waals surface area (Å²) in [7, 11) is 0. The molecule has 0 aliphatic carbocycles. The van der Waals surface area contributed by atoms with Crippen LogP contribution in [0.25, 0.3) is 0 Å². The molecule has 7 heteroatoms. The molecule has 4 nitrogen and oxygen atoms in total. The number of hydrogen-bond acceptors (Lipinski definition) is 4. The Bertz CT molecular complexity index is 818. The molecule has 0 radical (unpaired) electrons. The highest BCUT2D eigenvalue weighted by molar-refractivity contribution is 7.99. The molecule has 0 spiro atoms. The van der Waals surface area contributed by atoms with Gasteiger partial charge >= 0.3 is 0 Å². The Labute approximate surface area is 155 Å². The first-order valence-corrected chi connectivity index (χ1v) is 8.91. The molecule has 2 aromatic rings. The largest absolute Gasteiger partial charge is 0.325 e. The zero-order chi connectivity index (χ0) is 17.7. The third-order valence-electron chi connectivity index (χ3n) is 3.20. The minimum absolute atomic E-state index is 0.158. The average Bonchev–Trinajstić information content (AvgIpc) is 2.50. The van der Waals surface area contributed by atoms with Crippen LogP contribution in [-0.2, 0) is 4.79 Å². The van der Waals surface area contributed by atoms with Crippen molar-refractivity contribution in [1.29, 1.82) is 5.26 Å². The van der Waals surface area contributed by atoms with Crippen LogP contribution in [-0.4, -0.2) is 16.6 Å². The zero-order valence-corrected chi connectivity index (χ0v) is 15.5. The van der Waals surface area contributed by atoms with Crippen molar-refractivity contribution < 1.29 is 4.79 Å². The number of carbonyl (C=O) groups excluding carboxylic acids is 1. The highest BCUT2D eigenvalue weighted by Crippen LogP contribution is 2.26. The maximum atomic E-state index is 12.0. The normalized spacial score (nSPS) is 10.3. The molecule has 0 saturated heterocycles. The van der Waals surface area contributed by atoms with Crippen molar-refractivity contribution in [2.75, 3.05) is 11.1 Å². The summed E-state index contributed by atoms with van der Waals surface area (Å²) in [5.41, 5.74) is 2.83. The molecule has 1 N–H and O–H groups in total. The maximum Gasteiger partial charge on any atom is 0.225 e. The number of anilines is 1. The predicted molar refractivity (Wildman–Crippen MR) is 98.9 cm³/mol. The van der Waals surface area contributed by atoms with E-state index in [1.165, 1.54) is 11.8 Å². The fraction of sp³-hybridized carbons (Fsp3) is 0.235. The molecule has 0 atom stereocenters. The highest BCUT2D eigenvalue weighted by atomic mass is 35.5. The second-order valence-corrected chi connectivity index (χ2v) is 7.07. The maximum absolute atomic E-state index is 12.0. The molecule has 124 valence electrons. The van der Waals surface area contributed by atoms with Gasteiger partial charge in [0.15, 0.2) is 0 Å². The van der Waals surface area contributed by atoms with E-state index in [-0.39, 0.29) is 12.3 Å². The lowest BCUT2D eigenvalue weighted by atomic mass is 10.1. The quantitative estimate of drug-likeness (QED) is 0.742. The van der Waals surface area contributed by atoms with Crippen LogP contribution in [0.4, 0.5) is 5.69 Å². The van der Waals surface area contributed by atoms with Gasteiger partial charge in [0.05, 0.1) is 16.3 Å². The molecule has 1 aromatic carbocycles. The third kappa shape index (κ3) is 4.88. The van der Waals surface area contributed by atoms with Gasteiger partial charge in [0, 0.05) is 22.9 Å². The number of carbonyl (C=O) groups is 1. The van der Waals surface area contributed by atoms with Crippen LogP contribution in [0, 0.1) is 25.2 Å². The van der Waals surface area contributed by atoms with Crippen molar-refractivity contribution in [3.63, 3.8) is 0 Å². The lowest BCUT2D eigenvalue weighted by Gasteiger charge is -2.09. The number of nitriles is 1. The van der Waals surface area contributed by atoms with Crippen molar-refractivity contribution in [2.45, 2.75) is 25.3 Å². The first-order valence-electron chi connectivity index (χ1n) is 7.16. The van der Waals surface area contributed by atoms with Crippen LogP contribution < -0.4 is 5.32 Å². The monoisotopic (exact) mass is 379 g/mol. The van der Waals surface area contributed by atoms with Crippen molar-refractivity contribution >= 4 is 46.6 Å². The number of nitrogens with one attached hydrogen (secondary N) is 1. The second-order valence-electron chi connectivity index (χ2n) is 5.14. The van der Waals surface area contributed by atoms with Gasteiger partial charge in [-0.15, -0.1) is 11.8 Å². The molecule has 0 aliphatic rings. The first kappa shape index (κ1) is 18.6. The van der Waals surface area contributed by atoms with E-state index in [0.717, 1.165) is 11.3 Å². The van der Waals surface area contributed by atoms with Gasteiger partial charge in [0.25, 0.3) is 0 Å². The van der Waals surface area contributed by atoms with Gasteiger partial charge < -0.3 is 5.32 Å². The van der Waals surface area contributed by atoms with E-state index in [1.807, 2.05) is 19.9 Å². The number of halogens is 2. The molecule has 1 aromatic heterocycles. The van der Waals surface area contributed by atoms with Gasteiger partial charge in [-0.1, -0.05) is 23.2 Å². The lowest BCUT2D eigenvalue weighted by molar-refractivity contribution is -0.115.